The first-order chi connectivity index (χ1) is 16.9. The van der Waals surface area contributed by atoms with Crippen LogP contribution in [0.3, 0.4) is 0 Å². The molecule has 0 spiro atoms. The highest BCUT2D eigenvalue weighted by Gasteiger charge is 2.38. The number of benzene rings is 3. The van der Waals surface area contributed by atoms with Gasteiger partial charge in [-0.25, -0.2) is 0 Å². The molecule has 3 aromatic carbocycles. The van der Waals surface area contributed by atoms with Gasteiger partial charge in [-0.15, -0.1) is 0 Å². The fourth-order valence-corrected chi connectivity index (χ4v) is 5.84. The van der Waals surface area contributed by atoms with E-state index in [2.05, 4.69) is 15.9 Å². The van der Waals surface area contributed by atoms with Crippen molar-refractivity contribution in [3.8, 4) is 0 Å². The molecule has 0 fully saturated rings. The highest BCUT2D eigenvalue weighted by molar-refractivity contribution is 9.10. The molecule has 0 aliphatic heterocycles. The normalized spacial score (nSPS) is 13.7. The number of halogens is 1. The van der Waals surface area contributed by atoms with Gasteiger partial charge >= 0.3 is 5.97 Å². The van der Waals surface area contributed by atoms with E-state index in [0.717, 1.165) is 18.2 Å². The lowest BCUT2D eigenvalue weighted by Gasteiger charge is -2.26. The van der Waals surface area contributed by atoms with Gasteiger partial charge in [-0.05, 0) is 49.7 Å². The molecule has 192 valence electrons. The van der Waals surface area contributed by atoms with E-state index in [1.165, 1.54) is 24.3 Å². The molecule has 0 saturated carbocycles. The van der Waals surface area contributed by atoms with Crippen molar-refractivity contribution in [2.75, 3.05) is 13.7 Å². The van der Waals surface area contributed by atoms with Gasteiger partial charge < -0.3 is 4.74 Å². The first kappa shape index (κ1) is 28.0. The Morgan fingerprint density at radius 2 is 1.31 bits per heavy atom. The fourth-order valence-electron chi connectivity index (χ4n) is 3.30. The zero-order chi connectivity index (χ0) is 26.5. The molecule has 11 heteroatoms. The van der Waals surface area contributed by atoms with Crippen LogP contribution in [-0.4, -0.2) is 36.5 Å². The smallest absolute Gasteiger partial charge is 0.314 e. The van der Waals surface area contributed by atoms with Crippen molar-refractivity contribution in [3.05, 3.63) is 94.0 Å². The topological polar surface area (TPSA) is 113 Å². The second-order valence-corrected chi connectivity index (χ2v) is 12.0. The van der Waals surface area contributed by atoms with Crippen LogP contribution < -0.4 is 0 Å². The molecular weight excluding hydrogens is 572 g/mol. The first-order valence-electron chi connectivity index (χ1n) is 10.7. The summed E-state index contributed by atoms with van der Waals surface area (Å²) in [5.41, 5.74) is 1.99. The lowest BCUT2D eigenvalue weighted by molar-refractivity contribution is -0.150. The maximum atomic E-state index is 13.2. The third-order valence-electron chi connectivity index (χ3n) is 5.33. The van der Waals surface area contributed by atoms with Crippen LogP contribution in [0.1, 0.15) is 22.8 Å². The van der Waals surface area contributed by atoms with E-state index in [-0.39, 0.29) is 9.79 Å². The molecule has 0 aliphatic rings. The van der Waals surface area contributed by atoms with Gasteiger partial charge in [-0.1, -0.05) is 69.5 Å². The third kappa shape index (κ3) is 6.80. The Bertz CT molecular complexity index is 1420. The van der Waals surface area contributed by atoms with Crippen LogP contribution in [0.25, 0.3) is 0 Å². The molecule has 0 bridgehead atoms. The van der Waals surface area contributed by atoms with Gasteiger partial charge in [0.05, 0.1) is 23.5 Å². The second-order valence-electron chi connectivity index (χ2n) is 7.99. The molecule has 3 aromatic rings. The summed E-state index contributed by atoms with van der Waals surface area (Å²) in [5, 5.41) is 0. The number of carbonyl (C=O) groups excluding carboxylic acids is 1. The molecule has 36 heavy (non-hydrogen) atoms. The molecule has 0 amide bonds. The molecule has 3 rings (SSSR count). The van der Waals surface area contributed by atoms with Crippen LogP contribution in [0.15, 0.2) is 87.1 Å². The zero-order valence-electron chi connectivity index (χ0n) is 19.8. The number of aryl methyl sites for hydroxylation is 2. The van der Waals surface area contributed by atoms with Crippen LogP contribution >= 0.6 is 15.9 Å². The standard InChI is InChI=1S/C25H25BrO8S2/c1-17-8-12-19(13-9-17)35(28,29)33-16-22(25(27)32-3)24(21-6-4-5-7-23(21)26)34-36(30,31)20-14-10-18(2)11-15-20/h4-15,22,24H,16H2,1-3H3. The Balaban J connectivity index is 2.01. The van der Waals surface area contributed by atoms with Crippen molar-refractivity contribution in [1.82, 2.24) is 0 Å². The van der Waals surface area contributed by atoms with E-state index in [1.54, 1.807) is 62.4 Å². The van der Waals surface area contributed by atoms with E-state index in [1.807, 2.05) is 0 Å². The number of methoxy groups -OCH3 is 1. The molecule has 8 nitrogen and oxygen atoms in total. The molecule has 2 unspecified atom stereocenters. The Morgan fingerprint density at radius 3 is 1.81 bits per heavy atom. The molecule has 0 aromatic heterocycles. The van der Waals surface area contributed by atoms with E-state index >= 15 is 0 Å². The van der Waals surface area contributed by atoms with Crippen LogP contribution in [-0.2, 0) is 38.1 Å². The number of hydrogen-bond donors (Lipinski definition) is 0. The first-order valence-corrected chi connectivity index (χ1v) is 14.3. The fraction of sp³-hybridized carbons (Fsp3) is 0.240. The van der Waals surface area contributed by atoms with E-state index in [0.29, 0.717) is 10.0 Å². The number of carbonyl (C=O) groups is 1. The maximum absolute atomic E-state index is 13.2. The minimum atomic E-state index is -4.37. The number of hydrogen-bond acceptors (Lipinski definition) is 8. The number of ether oxygens (including phenoxy) is 1. The highest BCUT2D eigenvalue weighted by atomic mass is 79.9. The summed E-state index contributed by atoms with van der Waals surface area (Å²) in [6, 6.07) is 18.5. The Morgan fingerprint density at radius 1 is 0.806 bits per heavy atom. The van der Waals surface area contributed by atoms with E-state index < -0.39 is 44.8 Å². The minimum Gasteiger partial charge on any atom is -0.469 e. The van der Waals surface area contributed by atoms with Crippen molar-refractivity contribution in [3.63, 3.8) is 0 Å². The molecular formula is C25H25BrO8S2. The average molecular weight is 598 g/mol. The predicted molar refractivity (Wildman–Crippen MR) is 136 cm³/mol. The summed E-state index contributed by atoms with van der Waals surface area (Å²) >= 11 is 3.36. The van der Waals surface area contributed by atoms with E-state index in [9.17, 15) is 21.6 Å². The lowest BCUT2D eigenvalue weighted by Crippen LogP contribution is -2.32. The van der Waals surface area contributed by atoms with Crippen molar-refractivity contribution in [1.29, 1.82) is 0 Å². The van der Waals surface area contributed by atoms with Crippen molar-refractivity contribution >= 4 is 42.1 Å². The van der Waals surface area contributed by atoms with Crippen LogP contribution in [0.4, 0.5) is 0 Å². The van der Waals surface area contributed by atoms with Gasteiger partial charge in [0.1, 0.15) is 12.0 Å². The van der Waals surface area contributed by atoms with Gasteiger partial charge in [-0.3, -0.25) is 13.2 Å². The molecule has 0 N–H and O–H groups in total. The lowest BCUT2D eigenvalue weighted by atomic mass is 9.96. The van der Waals surface area contributed by atoms with Gasteiger partial charge in [-0.2, -0.15) is 16.8 Å². The summed E-state index contributed by atoms with van der Waals surface area (Å²) < 4.78 is 68.0. The molecule has 0 saturated heterocycles. The summed E-state index contributed by atoms with van der Waals surface area (Å²) in [7, 11) is -7.53. The van der Waals surface area contributed by atoms with Gasteiger partial charge in [0.15, 0.2) is 0 Å². The second kappa shape index (κ2) is 11.7. The Labute approximate surface area is 219 Å². The Kier molecular flexibility index (Phi) is 9.07. The van der Waals surface area contributed by atoms with Crippen LogP contribution in [0.5, 0.6) is 0 Å². The summed E-state index contributed by atoms with van der Waals surface area (Å²) in [6.45, 7) is 2.89. The van der Waals surface area contributed by atoms with E-state index in [4.69, 9.17) is 13.1 Å². The van der Waals surface area contributed by atoms with Crippen molar-refractivity contribution < 1.29 is 34.7 Å². The Hall–Kier alpha value is -2.57. The van der Waals surface area contributed by atoms with Gasteiger partial charge in [0.2, 0.25) is 0 Å². The SMILES string of the molecule is COC(=O)C(COS(=O)(=O)c1ccc(C)cc1)C(OS(=O)(=O)c1ccc(C)cc1)c1ccccc1Br. The summed E-state index contributed by atoms with van der Waals surface area (Å²) in [5.74, 6) is -2.36. The summed E-state index contributed by atoms with van der Waals surface area (Å²) in [6.07, 6.45) is -1.47. The van der Waals surface area contributed by atoms with Gasteiger partial charge in [0, 0.05) is 4.47 Å². The molecule has 2 atom stereocenters. The number of rotatable bonds is 10. The molecule has 0 heterocycles. The number of esters is 1. The maximum Gasteiger partial charge on any atom is 0.314 e. The molecule has 0 aliphatic carbocycles. The minimum absolute atomic E-state index is 0.109. The largest absolute Gasteiger partial charge is 0.469 e. The van der Waals surface area contributed by atoms with Crippen LogP contribution in [0, 0.1) is 19.8 Å². The third-order valence-corrected chi connectivity index (χ3v) is 8.66. The average Bonchev–Trinajstić information content (AvgIpc) is 2.84. The monoisotopic (exact) mass is 596 g/mol. The zero-order valence-corrected chi connectivity index (χ0v) is 23.0. The predicted octanol–water partition coefficient (Wildman–Crippen LogP) is 4.71. The van der Waals surface area contributed by atoms with Crippen LogP contribution in [0.2, 0.25) is 0 Å². The van der Waals surface area contributed by atoms with Gasteiger partial charge in [0.25, 0.3) is 20.2 Å². The van der Waals surface area contributed by atoms with Crippen molar-refractivity contribution in [2.45, 2.75) is 29.7 Å². The quantitative estimate of drug-likeness (QED) is 0.244. The molecule has 0 radical (unpaired) electrons. The highest BCUT2D eigenvalue weighted by Crippen LogP contribution is 2.36. The van der Waals surface area contributed by atoms with Crippen molar-refractivity contribution in [2.24, 2.45) is 5.92 Å². The summed E-state index contributed by atoms with van der Waals surface area (Å²) in [4.78, 5) is 12.6.